The fourth-order valence-corrected chi connectivity index (χ4v) is 4.04. The van der Waals surface area contributed by atoms with Crippen LogP contribution in [0, 0.1) is 0 Å². The average molecular weight is 374 g/mol. The van der Waals surface area contributed by atoms with E-state index < -0.39 is 5.41 Å². The zero-order chi connectivity index (χ0) is 18.7. The number of benzene rings is 1. The molecule has 138 valence electrons. The molecule has 0 saturated carbocycles. The molecule has 1 N–H and O–H groups in total. The minimum atomic E-state index is -0.545. The first-order valence-corrected chi connectivity index (χ1v) is 9.48. The largest absolute Gasteiger partial charge is 0.341 e. The van der Waals surface area contributed by atoms with Crippen molar-refractivity contribution >= 4 is 17.5 Å². The first-order chi connectivity index (χ1) is 12.5. The lowest BCUT2D eigenvalue weighted by Crippen LogP contribution is -2.45. The Morgan fingerprint density at radius 3 is 2.58 bits per heavy atom. The molecule has 1 aliphatic rings. The summed E-state index contributed by atoms with van der Waals surface area (Å²) in [5.74, 6) is 0.882. The van der Waals surface area contributed by atoms with Crippen molar-refractivity contribution in [2.45, 2.75) is 44.4 Å². The number of hydrogen-bond donors (Lipinski definition) is 1. The second kappa shape index (κ2) is 7.62. The minimum Gasteiger partial charge on any atom is -0.341 e. The molecule has 1 fully saturated rings. The summed E-state index contributed by atoms with van der Waals surface area (Å²) in [6.45, 7) is 5.37. The molecule has 0 spiro atoms. The molecule has 2 aromatic rings. The normalized spacial score (nSPS) is 17.5. The van der Waals surface area contributed by atoms with Crippen LogP contribution < -0.4 is 5.56 Å². The van der Waals surface area contributed by atoms with Crippen LogP contribution in [0.25, 0.3) is 0 Å². The predicted octanol–water partition coefficient (Wildman–Crippen LogP) is 3.50. The number of rotatable bonds is 5. The van der Waals surface area contributed by atoms with Crippen LogP contribution in [0.4, 0.5) is 0 Å². The van der Waals surface area contributed by atoms with Crippen molar-refractivity contribution in [3.05, 3.63) is 63.3 Å². The number of halogens is 1. The van der Waals surface area contributed by atoms with Crippen molar-refractivity contribution in [1.82, 2.24) is 14.9 Å². The molecule has 1 atom stereocenters. The van der Waals surface area contributed by atoms with E-state index >= 15 is 0 Å². The fourth-order valence-electron chi connectivity index (χ4n) is 3.92. The van der Waals surface area contributed by atoms with E-state index in [0.717, 1.165) is 24.8 Å². The van der Waals surface area contributed by atoms with Crippen LogP contribution in [0.5, 0.6) is 0 Å². The molecule has 1 aromatic carbocycles. The topological polar surface area (TPSA) is 66.1 Å². The Kier molecular flexibility index (Phi) is 5.47. The van der Waals surface area contributed by atoms with Gasteiger partial charge >= 0.3 is 0 Å². The lowest BCUT2D eigenvalue weighted by atomic mass is 9.74. The quantitative estimate of drug-likeness (QED) is 0.872. The lowest BCUT2D eigenvalue weighted by molar-refractivity contribution is -0.136. The van der Waals surface area contributed by atoms with Crippen molar-refractivity contribution in [1.29, 1.82) is 0 Å². The van der Waals surface area contributed by atoms with Gasteiger partial charge in [0, 0.05) is 36.3 Å². The number of aromatic nitrogens is 2. The predicted molar refractivity (Wildman–Crippen MR) is 103 cm³/mol. The van der Waals surface area contributed by atoms with E-state index in [2.05, 4.69) is 23.8 Å². The van der Waals surface area contributed by atoms with Gasteiger partial charge in [-0.25, -0.2) is 4.98 Å². The maximum Gasteiger partial charge on any atom is 0.250 e. The molecule has 0 radical (unpaired) electrons. The molecule has 5 nitrogen and oxygen atoms in total. The van der Waals surface area contributed by atoms with Crippen LogP contribution in [0.2, 0.25) is 5.02 Å². The van der Waals surface area contributed by atoms with E-state index in [0.29, 0.717) is 23.9 Å². The fraction of sp³-hybridized carbons (Fsp3) is 0.450. The number of nitrogens with zero attached hydrogens (tertiary/aromatic N) is 2. The zero-order valence-electron chi connectivity index (χ0n) is 15.2. The Morgan fingerprint density at radius 1 is 1.27 bits per heavy atom. The van der Waals surface area contributed by atoms with Gasteiger partial charge in [0.25, 0.3) is 5.56 Å². The summed E-state index contributed by atoms with van der Waals surface area (Å²) in [4.78, 5) is 34.0. The standard InChI is InChI=1S/C20H24ClN3O2/c1-3-20(4-2,15-5-7-16(21)8-6-15)19(26)24-12-10-14(13-24)18-22-11-9-17(25)23-18/h5-9,11,14H,3-4,10,12-13H2,1-2H3,(H,22,23,25). The Hall–Kier alpha value is -2.14. The molecule has 0 aliphatic carbocycles. The van der Waals surface area contributed by atoms with Gasteiger partial charge in [0.05, 0.1) is 5.41 Å². The van der Waals surface area contributed by atoms with E-state index in [-0.39, 0.29) is 17.4 Å². The third-order valence-electron chi connectivity index (χ3n) is 5.57. The van der Waals surface area contributed by atoms with Crippen molar-refractivity contribution < 1.29 is 4.79 Å². The van der Waals surface area contributed by atoms with E-state index in [1.165, 1.54) is 12.3 Å². The van der Waals surface area contributed by atoms with Gasteiger partial charge in [-0.3, -0.25) is 9.59 Å². The molecule has 1 amide bonds. The molecule has 3 rings (SSSR count). The summed E-state index contributed by atoms with van der Waals surface area (Å²) in [5, 5.41) is 0.669. The molecular weight excluding hydrogens is 350 g/mol. The van der Waals surface area contributed by atoms with Crippen LogP contribution >= 0.6 is 11.6 Å². The number of carbonyl (C=O) groups excluding carboxylic acids is 1. The summed E-state index contributed by atoms with van der Waals surface area (Å²) in [6, 6.07) is 9.00. The van der Waals surface area contributed by atoms with Crippen LogP contribution in [0.3, 0.4) is 0 Å². The molecule has 26 heavy (non-hydrogen) atoms. The third-order valence-corrected chi connectivity index (χ3v) is 5.82. The molecule has 1 unspecified atom stereocenters. The Bertz CT molecular complexity index is 827. The van der Waals surface area contributed by atoms with Crippen molar-refractivity contribution in [3.8, 4) is 0 Å². The van der Waals surface area contributed by atoms with Gasteiger partial charge in [-0.15, -0.1) is 0 Å². The van der Waals surface area contributed by atoms with Crippen molar-refractivity contribution in [2.24, 2.45) is 0 Å². The number of likely N-dealkylation sites (tertiary alicyclic amines) is 1. The van der Waals surface area contributed by atoms with E-state index in [1.807, 2.05) is 29.2 Å². The van der Waals surface area contributed by atoms with Gasteiger partial charge in [0.2, 0.25) is 5.91 Å². The van der Waals surface area contributed by atoms with Crippen molar-refractivity contribution in [2.75, 3.05) is 13.1 Å². The minimum absolute atomic E-state index is 0.0736. The molecule has 6 heteroatoms. The molecule has 1 aromatic heterocycles. The number of H-pyrrole nitrogens is 1. The number of hydrogen-bond acceptors (Lipinski definition) is 3. The third kappa shape index (κ3) is 3.40. The number of aromatic amines is 1. The summed E-state index contributed by atoms with van der Waals surface area (Å²) in [6.07, 6.45) is 3.79. The maximum atomic E-state index is 13.5. The molecular formula is C20H24ClN3O2. The van der Waals surface area contributed by atoms with E-state index in [9.17, 15) is 9.59 Å². The highest BCUT2D eigenvalue weighted by atomic mass is 35.5. The Morgan fingerprint density at radius 2 is 1.96 bits per heavy atom. The SMILES string of the molecule is CCC(CC)(C(=O)N1CCC(c2nccc(=O)[nH]2)C1)c1ccc(Cl)cc1. The highest BCUT2D eigenvalue weighted by Gasteiger charge is 2.42. The first-order valence-electron chi connectivity index (χ1n) is 9.10. The summed E-state index contributed by atoms with van der Waals surface area (Å²) >= 11 is 6.02. The van der Waals surface area contributed by atoms with Gasteiger partial charge in [0.1, 0.15) is 5.82 Å². The maximum absolute atomic E-state index is 13.5. The highest BCUT2D eigenvalue weighted by Crippen LogP contribution is 2.37. The Balaban J connectivity index is 1.84. The smallest absolute Gasteiger partial charge is 0.250 e. The van der Waals surface area contributed by atoms with E-state index in [4.69, 9.17) is 11.6 Å². The van der Waals surface area contributed by atoms with Crippen LogP contribution in [0.1, 0.15) is 50.4 Å². The first kappa shape index (κ1) is 18.6. The Labute approximate surface area is 158 Å². The van der Waals surface area contributed by atoms with Gasteiger partial charge in [0.15, 0.2) is 0 Å². The lowest BCUT2D eigenvalue weighted by Gasteiger charge is -2.35. The summed E-state index contributed by atoms with van der Waals surface area (Å²) in [7, 11) is 0. The molecule has 1 aliphatic heterocycles. The van der Waals surface area contributed by atoms with Gasteiger partial charge in [-0.2, -0.15) is 0 Å². The molecule has 1 saturated heterocycles. The van der Waals surface area contributed by atoms with Gasteiger partial charge in [-0.05, 0) is 37.0 Å². The number of nitrogens with one attached hydrogen (secondary N) is 1. The van der Waals surface area contributed by atoms with Crippen LogP contribution in [-0.4, -0.2) is 33.9 Å². The zero-order valence-corrected chi connectivity index (χ0v) is 15.9. The van der Waals surface area contributed by atoms with Crippen LogP contribution in [0.15, 0.2) is 41.3 Å². The van der Waals surface area contributed by atoms with Crippen LogP contribution in [-0.2, 0) is 10.2 Å². The highest BCUT2D eigenvalue weighted by molar-refractivity contribution is 6.30. The van der Waals surface area contributed by atoms with Crippen molar-refractivity contribution in [3.63, 3.8) is 0 Å². The number of carbonyl (C=O) groups is 1. The second-order valence-corrected chi connectivity index (χ2v) is 7.29. The number of amides is 1. The van der Waals surface area contributed by atoms with Gasteiger partial charge < -0.3 is 9.88 Å². The monoisotopic (exact) mass is 373 g/mol. The summed E-state index contributed by atoms with van der Waals surface area (Å²) in [5.41, 5.74) is 0.306. The van der Waals surface area contributed by atoms with Gasteiger partial charge in [-0.1, -0.05) is 37.6 Å². The molecule has 2 heterocycles. The summed E-state index contributed by atoms with van der Waals surface area (Å²) < 4.78 is 0. The second-order valence-electron chi connectivity index (χ2n) is 6.85. The average Bonchev–Trinajstić information content (AvgIpc) is 3.14. The molecule has 0 bridgehead atoms. The van der Waals surface area contributed by atoms with E-state index in [1.54, 1.807) is 0 Å².